The Balaban J connectivity index is 1.67. The van der Waals surface area contributed by atoms with Crippen LogP contribution >= 0.6 is 0 Å². The number of hydrogen-bond donors (Lipinski definition) is 2. The summed E-state index contributed by atoms with van der Waals surface area (Å²) in [7, 11) is 1.59. The molecule has 0 bridgehead atoms. The van der Waals surface area contributed by atoms with Gasteiger partial charge in [0.15, 0.2) is 11.4 Å². The molecule has 1 heterocycles. The van der Waals surface area contributed by atoms with Crippen molar-refractivity contribution >= 4 is 11.8 Å². The first kappa shape index (κ1) is 17.7. The van der Waals surface area contributed by atoms with Gasteiger partial charge in [-0.2, -0.15) is 0 Å². The lowest BCUT2D eigenvalue weighted by molar-refractivity contribution is -0.122. The van der Waals surface area contributed by atoms with Gasteiger partial charge in [-0.1, -0.05) is 0 Å². The van der Waals surface area contributed by atoms with Crippen LogP contribution in [0.3, 0.4) is 0 Å². The monoisotopic (exact) mass is 347 g/mol. The van der Waals surface area contributed by atoms with Crippen molar-refractivity contribution in [2.24, 2.45) is 17.6 Å². The van der Waals surface area contributed by atoms with E-state index in [1.807, 2.05) is 6.07 Å². The second kappa shape index (κ2) is 7.82. The molecular formula is C18H25N3O4. The normalized spacial score (nSPS) is 17.8. The minimum atomic E-state index is -0.364. The molecule has 25 heavy (non-hydrogen) atoms. The van der Waals surface area contributed by atoms with Gasteiger partial charge in [0, 0.05) is 19.9 Å². The van der Waals surface area contributed by atoms with Crippen LogP contribution in [0.4, 0.5) is 0 Å². The van der Waals surface area contributed by atoms with Crippen molar-refractivity contribution in [1.29, 1.82) is 0 Å². The molecule has 3 N–H and O–H groups in total. The van der Waals surface area contributed by atoms with Crippen molar-refractivity contribution < 1.29 is 19.1 Å². The van der Waals surface area contributed by atoms with Gasteiger partial charge in [-0.3, -0.25) is 9.59 Å². The van der Waals surface area contributed by atoms with E-state index >= 15 is 0 Å². The van der Waals surface area contributed by atoms with Crippen LogP contribution in [0.5, 0.6) is 5.75 Å². The SMILES string of the molecule is COCCOc1cc(C2CC2)cnc1C(=O)NC[C@@H](C(N)=O)C1CC1. The number of aromatic nitrogens is 1. The highest BCUT2D eigenvalue weighted by Crippen LogP contribution is 2.41. The summed E-state index contributed by atoms with van der Waals surface area (Å²) < 4.78 is 10.7. The highest BCUT2D eigenvalue weighted by atomic mass is 16.5. The Morgan fingerprint density at radius 1 is 1.32 bits per heavy atom. The van der Waals surface area contributed by atoms with Crippen molar-refractivity contribution in [3.05, 3.63) is 23.5 Å². The second-order valence-electron chi connectivity index (χ2n) is 6.79. The summed E-state index contributed by atoms with van der Waals surface area (Å²) in [6.07, 6.45) is 6.01. The summed E-state index contributed by atoms with van der Waals surface area (Å²) in [4.78, 5) is 28.4. The highest BCUT2D eigenvalue weighted by molar-refractivity contribution is 5.95. The molecule has 1 atom stereocenters. The molecule has 1 aromatic rings. The van der Waals surface area contributed by atoms with Gasteiger partial charge in [0.25, 0.3) is 5.91 Å². The molecule has 0 spiro atoms. The Morgan fingerprint density at radius 3 is 2.68 bits per heavy atom. The third kappa shape index (κ3) is 4.69. The lowest BCUT2D eigenvalue weighted by Gasteiger charge is -2.15. The molecule has 7 nitrogen and oxygen atoms in total. The molecule has 136 valence electrons. The molecule has 0 saturated heterocycles. The van der Waals surface area contributed by atoms with Crippen LogP contribution in [0.1, 0.15) is 47.7 Å². The number of pyridine rings is 1. The summed E-state index contributed by atoms with van der Waals surface area (Å²) in [6.45, 7) is 1.01. The molecule has 2 fully saturated rings. The van der Waals surface area contributed by atoms with Gasteiger partial charge >= 0.3 is 0 Å². The van der Waals surface area contributed by atoms with Gasteiger partial charge in [0.2, 0.25) is 5.91 Å². The van der Waals surface area contributed by atoms with Gasteiger partial charge in [-0.05, 0) is 49.1 Å². The maximum atomic E-state index is 12.5. The molecule has 2 aliphatic rings. The Hall–Kier alpha value is -2.15. The molecule has 0 radical (unpaired) electrons. The minimum absolute atomic E-state index is 0.236. The van der Waals surface area contributed by atoms with Crippen LogP contribution in [0.2, 0.25) is 0 Å². The standard InChI is InChI=1S/C18H25N3O4/c1-24-6-7-25-15-8-13(11-2-3-11)9-20-16(15)18(23)21-10-14(17(19)22)12-4-5-12/h8-9,11-12,14H,2-7,10H2,1H3,(H2,19,22)(H,21,23)/t14-/m1/s1. The lowest BCUT2D eigenvalue weighted by atomic mass is 10.0. The second-order valence-corrected chi connectivity index (χ2v) is 6.79. The summed E-state index contributed by atoms with van der Waals surface area (Å²) in [5.74, 6) is 0.246. The third-order valence-electron chi connectivity index (χ3n) is 4.72. The van der Waals surface area contributed by atoms with E-state index in [0.29, 0.717) is 30.8 Å². The van der Waals surface area contributed by atoms with Gasteiger partial charge in [-0.15, -0.1) is 0 Å². The summed E-state index contributed by atoms with van der Waals surface area (Å²) in [5, 5.41) is 2.78. The van der Waals surface area contributed by atoms with Crippen LogP contribution < -0.4 is 15.8 Å². The van der Waals surface area contributed by atoms with Gasteiger partial charge < -0.3 is 20.5 Å². The quantitative estimate of drug-likeness (QED) is 0.620. The fourth-order valence-corrected chi connectivity index (χ4v) is 2.90. The number of amides is 2. The highest BCUT2D eigenvalue weighted by Gasteiger charge is 2.35. The fraction of sp³-hybridized carbons (Fsp3) is 0.611. The van der Waals surface area contributed by atoms with Gasteiger partial charge in [0.1, 0.15) is 6.61 Å². The molecule has 2 amide bonds. The molecule has 2 aliphatic carbocycles. The van der Waals surface area contributed by atoms with E-state index in [9.17, 15) is 9.59 Å². The Kier molecular flexibility index (Phi) is 5.53. The molecule has 0 aliphatic heterocycles. The molecule has 1 aromatic heterocycles. The molecule has 3 rings (SSSR count). The van der Waals surface area contributed by atoms with Gasteiger partial charge in [0.05, 0.1) is 12.5 Å². The molecule has 7 heteroatoms. The smallest absolute Gasteiger partial charge is 0.273 e. The first-order valence-corrected chi connectivity index (χ1v) is 8.79. The van der Waals surface area contributed by atoms with E-state index in [1.54, 1.807) is 13.3 Å². The fourth-order valence-electron chi connectivity index (χ4n) is 2.90. The topological polar surface area (TPSA) is 104 Å². The summed E-state index contributed by atoms with van der Waals surface area (Å²) in [6, 6.07) is 1.89. The van der Waals surface area contributed by atoms with E-state index < -0.39 is 0 Å². The van der Waals surface area contributed by atoms with Crippen LogP contribution in [0.15, 0.2) is 12.3 Å². The summed E-state index contributed by atoms with van der Waals surface area (Å²) in [5.41, 5.74) is 6.76. The number of nitrogens with one attached hydrogen (secondary N) is 1. The Bertz CT molecular complexity index is 641. The van der Waals surface area contributed by atoms with Crippen LogP contribution in [0.25, 0.3) is 0 Å². The van der Waals surface area contributed by atoms with Crippen LogP contribution in [-0.4, -0.2) is 43.7 Å². The molecule has 0 aromatic carbocycles. The maximum Gasteiger partial charge on any atom is 0.273 e. The largest absolute Gasteiger partial charge is 0.489 e. The number of ether oxygens (including phenoxy) is 2. The van der Waals surface area contributed by atoms with Crippen molar-refractivity contribution in [1.82, 2.24) is 10.3 Å². The zero-order valence-electron chi connectivity index (χ0n) is 14.5. The van der Waals surface area contributed by atoms with Crippen LogP contribution in [-0.2, 0) is 9.53 Å². The number of carbonyl (C=O) groups excluding carboxylic acids is 2. The number of primary amides is 1. The first-order chi connectivity index (χ1) is 12.1. The van der Waals surface area contributed by atoms with Crippen molar-refractivity contribution in [3.63, 3.8) is 0 Å². The number of nitrogens with two attached hydrogens (primary N) is 1. The van der Waals surface area contributed by atoms with E-state index in [1.165, 1.54) is 0 Å². The zero-order valence-corrected chi connectivity index (χ0v) is 14.5. The molecule has 0 unspecified atom stereocenters. The van der Waals surface area contributed by atoms with E-state index in [0.717, 1.165) is 31.2 Å². The number of nitrogens with zero attached hydrogens (tertiary/aromatic N) is 1. The number of carbonyl (C=O) groups is 2. The van der Waals surface area contributed by atoms with Crippen molar-refractivity contribution in [3.8, 4) is 5.75 Å². The summed E-state index contributed by atoms with van der Waals surface area (Å²) >= 11 is 0. The van der Waals surface area contributed by atoms with Crippen LogP contribution in [0, 0.1) is 11.8 Å². The van der Waals surface area contributed by atoms with E-state index in [-0.39, 0.29) is 30.0 Å². The maximum absolute atomic E-state index is 12.5. The number of rotatable bonds is 10. The molecular weight excluding hydrogens is 322 g/mol. The average Bonchev–Trinajstić information content (AvgIpc) is 3.47. The number of methoxy groups -OCH3 is 1. The number of hydrogen-bond acceptors (Lipinski definition) is 5. The Labute approximate surface area is 147 Å². The molecule has 2 saturated carbocycles. The van der Waals surface area contributed by atoms with Crippen molar-refractivity contribution in [2.75, 3.05) is 26.9 Å². The first-order valence-electron chi connectivity index (χ1n) is 8.79. The predicted octanol–water partition coefficient (Wildman–Crippen LogP) is 1.23. The van der Waals surface area contributed by atoms with E-state index in [2.05, 4.69) is 10.3 Å². The van der Waals surface area contributed by atoms with Gasteiger partial charge in [-0.25, -0.2) is 4.98 Å². The van der Waals surface area contributed by atoms with E-state index in [4.69, 9.17) is 15.2 Å². The lowest BCUT2D eigenvalue weighted by Crippen LogP contribution is -2.37. The predicted molar refractivity (Wildman–Crippen MR) is 91.3 cm³/mol. The Morgan fingerprint density at radius 2 is 2.08 bits per heavy atom. The minimum Gasteiger partial charge on any atom is -0.489 e. The average molecular weight is 347 g/mol. The third-order valence-corrected chi connectivity index (χ3v) is 4.72. The van der Waals surface area contributed by atoms with Crippen molar-refractivity contribution in [2.45, 2.75) is 31.6 Å². The zero-order chi connectivity index (χ0) is 17.8.